The topological polar surface area (TPSA) is 74.6 Å². The molecule has 1 atom stereocenters. The molecule has 0 spiro atoms. The fourth-order valence-electron chi connectivity index (χ4n) is 0.829. The zero-order valence-electron chi connectivity index (χ0n) is 7.52. The molecule has 0 radical (unpaired) electrons. The van der Waals surface area contributed by atoms with Gasteiger partial charge in [-0.1, -0.05) is 13.3 Å². The molecule has 0 aliphatic heterocycles. The highest BCUT2D eigenvalue weighted by Crippen LogP contribution is 2.17. The van der Waals surface area contributed by atoms with Crippen LogP contribution in [0.25, 0.3) is 0 Å². The van der Waals surface area contributed by atoms with Crippen molar-refractivity contribution in [3.05, 3.63) is 0 Å². The smallest absolute Gasteiger partial charge is 0.316 e. The average molecular weight is 206 g/mol. The minimum Gasteiger partial charge on any atom is -0.481 e. The van der Waals surface area contributed by atoms with Crippen molar-refractivity contribution >= 4 is 23.7 Å². The second-order valence-electron chi connectivity index (χ2n) is 2.63. The van der Waals surface area contributed by atoms with E-state index in [9.17, 15) is 9.59 Å². The van der Waals surface area contributed by atoms with Crippen molar-refractivity contribution in [2.75, 3.05) is 5.75 Å². The Morgan fingerprint density at radius 2 is 2.00 bits per heavy atom. The molecule has 13 heavy (non-hydrogen) atoms. The molecule has 76 valence electrons. The maximum Gasteiger partial charge on any atom is 0.316 e. The summed E-state index contributed by atoms with van der Waals surface area (Å²) in [6, 6.07) is 0. The Morgan fingerprint density at radius 1 is 1.38 bits per heavy atom. The van der Waals surface area contributed by atoms with Crippen LogP contribution in [0, 0.1) is 0 Å². The van der Waals surface area contributed by atoms with Crippen molar-refractivity contribution in [1.82, 2.24) is 0 Å². The van der Waals surface area contributed by atoms with Crippen LogP contribution in [-0.2, 0) is 9.59 Å². The fourth-order valence-corrected chi connectivity index (χ4v) is 1.95. The first kappa shape index (κ1) is 12.3. The molecule has 0 aliphatic carbocycles. The molecule has 0 aromatic heterocycles. The molecule has 0 amide bonds. The molecule has 0 aliphatic rings. The lowest BCUT2D eigenvalue weighted by atomic mass is 10.2. The monoisotopic (exact) mass is 206 g/mol. The second kappa shape index (κ2) is 6.77. The number of aliphatic carboxylic acids is 2. The van der Waals surface area contributed by atoms with Crippen molar-refractivity contribution in [2.45, 2.75) is 31.4 Å². The van der Waals surface area contributed by atoms with Crippen LogP contribution in [0.15, 0.2) is 0 Å². The summed E-state index contributed by atoms with van der Waals surface area (Å²) in [5.41, 5.74) is 0. The van der Waals surface area contributed by atoms with Gasteiger partial charge in [0, 0.05) is 5.75 Å². The lowest BCUT2D eigenvalue weighted by molar-refractivity contribution is -0.137. The van der Waals surface area contributed by atoms with Gasteiger partial charge in [0.25, 0.3) is 0 Å². The zero-order valence-corrected chi connectivity index (χ0v) is 8.34. The van der Waals surface area contributed by atoms with E-state index in [1.54, 1.807) is 0 Å². The number of carboxylic acids is 2. The van der Waals surface area contributed by atoms with E-state index in [0.717, 1.165) is 6.42 Å². The van der Waals surface area contributed by atoms with Crippen LogP contribution >= 0.6 is 11.8 Å². The summed E-state index contributed by atoms with van der Waals surface area (Å²) in [5.74, 6) is -1.36. The first-order valence-corrected chi connectivity index (χ1v) is 5.19. The first-order valence-electron chi connectivity index (χ1n) is 4.14. The van der Waals surface area contributed by atoms with Crippen LogP contribution in [-0.4, -0.2) is 33.2 Å². The number of hydrogen-bond acceptors (Lipinski definition) is 3. The van der Waals surface area contributed by atoms with Gasteiger partial charge < -0.3 is 10.2 Å². The summed E-state index contributed by atoms with van der Waals surface area (Å²) in [4.78, 5) is 20.7. The molecular formula is C8H14O4S. The van der Waals surface area contributed by atoms with E-state index >= 15 is 0 Å². The van der Waals surface area contributed by atoms with Crippen molar-refractivity contribution in [3.63, 3.8) is 0 Å². The van der Waals surface area contributed by atoms with Gasteiger partial charge in [-0.3, -0.25) is 9.59 Å². The highest BCUT2D eigenvalue weighted by atomic mass is 32.2. The summed E-state index contributed by atoms with van der Waals surface area (Å²) >= 11 is 1.20. The number of hydrogen-bond donors (Lipinski definition) is 2. The molecule has 1 unspecified atom stereocenters. The fraction of sp³-hybridized carbons (Fsp3) is 0.750. The Labute approximate surface area is 81.3 Å². The van der Waals surface area contributed by atoms with E-state index in [1.807, 2.05) is 6.92 Å². The predicted octanol–water partition coefficient (Wildman–Crippen LogP) is 1.45. The summed E-state index contributed by atoms with van der Waals surface area (Å²) in [7, 11) is 0. The molecule has 0 aromatic rings. The van der Waals surface area contributed by atoms with Gasteiger partial charge in [0.15, 0.2) is 0 Å². The third-order valence-electron chi connectivity index (χ3n) is 1.46. The molecule has 0 saturated carbocycles. The van der Waals surface area contributed by atoms with Crippen LogP contribution in [0.4, 0.5) is 0 Å². The summed E-state index contributed by atoms with van der Waals surface area (Å²) in [6.07, 6.45) is 1.43. The molecule has 0 heterocycles. The lowest BCUT2D eigenvalue weighted by Gasteiger charge is -2.08. The van der Waals surface area contributed by atoms with Crippen molar-refractivity contribution in [3.8, 4) is 0 Å². The standard InChI is InChI=1S/C8H14O4S/c1-2-3-6(8(11)12)13-5-4-7(9)10/h6H,2-5H2,1H3,(H,9,10)(H,11,12). The van der Waals surface area contributed by atoms with Crippen LogP contribution in [0.1, 0.15) is 26.2 Å². The van der Waals surface area contributed by atoms with Crippen LogP contribution in [0.2, 0.25) is 0 Å². The molecule has 2 N–H and O–H groups in total. The van der Waals surface area contributed by atoms with E-state index in [1.165, 1.54) is 11.8 Å². The maximum absolute atomic E-state index is 10.6. The van der Waals surface area contributed by atoms with E-state index in [2.05, 4.69) is 0 Å². The molecule has 0 rings (SSSR count). The third-order valence-corrected chi connectivity index (χ3v) is 2.74. The SMILES string of the molecule is CCCC(SCCC(=O)O)C(=O)O. The molecule has 0 aromatic carbocycles. The predicted molar refractivity (Wildman–Crippen MR) is 51.0 cm³/mol. The Hall–Kier alpha value is -0.710. The van der Waals surface area contributed by atoms with Gasteiger partial charge in [-0.05, 0) is 6.42 Å². The second-order valence-corrected chi connectivity index (χ2v) is 3.94. The van der Waals surface area contributed by atoms with Gasteiger partial charge in [-0.25, -0.2) is 0 Å². The molecule has 0 fully saturated rings. The van der Waals surface area contributed by atoms with E-state index in [0.29, 0.717) is 12.2 Å². The zero-order chi connectivity index (χ0) is 10.3. The Kier molecular flexibility index (Phi) is 6.40. The molecule has 4 nitrogen and oxygen atoms in total. The molecule has 0 saturated heterocycles. The van der Waals surface area contributed by atoms with Gasteiger partial charge in [0.2, 0.25) is 0 Å². The highest BCUT2D eigenvalue weighted by Gasteiger charge is 2.16. The van der Waals surface area contributed by atoms with Crippen molar-refractivity contribution in [1.29, 1.82) is 0 Å². The van der Waals surface area contributed by atoms with Crippen LogP contribution < -0.4 is 0 Å². The van der Waals surface area contributed by atoms with Crippen LogP contribution in [0.3, 0.4) is 0 Å². The molecule has 0 bridgehead atoms. The van der Waals surface area contributed by atoms with Gasteiger partial charge in [0.1, 0.15) is 5.25 Å². The van der Waals surface area contributed by atoms with E-state index < -0.39 is 17.2 Å². The number of carbonyl (C=O) groups is 2. The minimum absolute atomic E-state index is 0.0260. The number of carboxylic acid groups (broad SMARTS) is 2. The van der Waals surface area contributed by atoms with E-state index in [-0.39, 0.29) is 6.42 Å². The van der Waals surface area contributed by atoms with Gasteiger partial charge in [-0.15, -0.1) is 11.8 Å². The first-order chi connectivity index (χ1) is 6.07. The Morgan fingerprint density at radius 3 is 2.38 bits per heavy atom. The number of thioether (sulfide) groups is 1. The Bertz CT molecular complexity index is 181. The summed E-state index contributed by atoms with van der Waals surface area (Å²) < 4.78 is 0. The van der Waals surface area contributed by atoms with Gasteiger partial charge in [-0.2, -0.15) is 0 Å². The summed E-state index contributed by atoms with van der Waals surface area (Å²) in [5, 5.41) is 16.6. The molecule has 5 heteroatoms. The van der Waals surface area contributed by atoms with Gasteiger partial charge >= 0.3 is 11.9 Å². The average Bonchev–Trinajstić information content (AvgIpc) is 2.02. The maximum atomic E-state index is 10.6. The highest BCUT2D eigenvalue weighted by molar-refractivity contribution is 8.00. The van der Waals surface area contributed by atoms with Crippen molar-refractivity contribution in [2.24, 2.45) is 0 Å². The lowest BCUT2D eigenvalue weighted by Crippen LogP contribution is -2.17. The third kappa shape index (κ3) is 6.45. The van der Waals surface area contributed by atoms with Crippen molar-refractivity contribution < 1.29 is 19.8 Å². The Balaban J connectivity index is 3.69. The quantitative estimate of drug-likeness (QED) is 0.659. The normalized spacial score (nSPS) is 12.4. The molecular weight excluding hydrogens is 192 g/mol. The largest absolute Gasteiger partial charge is 0.481 e. The summed E-state index contributed by atoms with van der Waals surface area (Å²) in [6.45, 7) is 1.91. The minimum atomic E-state index is -0.881. The van der Waals surface area contributed by atoms with Crippen LogP contribution in [0.5, 0.6) is 0 Å². The number of rotatable bonds is 7. The van der Waals surface area contributed by atoms with E-state index in [4.69, 9.17) is 10.2 Å². The van der Waals surface area contributed by atoms with Gasteiger partial charge in [0.05, 0.1) is 6.42 Å².